The zero-order valence-electron chi connectivity index (χ0n) is 10.8. The lowest BCUT2D eigenvalue weighted by Gasteiger charge is -2.26. The summed E-state index contributed by atoms with van der Waals surface area (Å²) in [6.07, 6.45) is 3.05. The highest BCUT2D eigenvalue weighted by Crippen LogP contribution is 2.41. The minimum Gasteiger partial charge on any atom is -0.389 e. The molecule has 108 valence electrons. The van der Waals surface area contributed by atoms with E-state index >= 15 is 0 Å². The SMILES string of the molecule is NC(=S)c1ccc(S(=O)(=O)N2CC3CCC2C3)c(Cl)c1. The van der Waals surface area contributed by atoms with Gasteiger partial charge in [0.1, 0.15) is 9.88 Å². The Balaban J connectivity index is 1.98. The van der Waals surface area contributed by atoms with Gasteiger partial charge < -0.3 is 5.73 Å². The average Bonchev–Trinajstić information content (AvgIpc) is 3.00. The average molecular weight is 331 g/mol. The van der Waals surface area contributed by atoms with Gasteiger partial charge in [-0.3, -0.25) is 0 Å². The van der Waals surface area contributed by atoms with Crippen molar-refractivity contribution in [3.05, 3.63) is 28.8 Å². The highest BCUT2D eigenvalue weighted by atomic mass is 35.5. The van der Waals surface area contributed by atoms with Crippen LogP contribution in [0.2, 0.25) is 5.02 Å². The van der Waals surface area contributed by atoms with Crippen molar-refractivity contribution in [3.8, 4) is 0 Å². The van der Waals surface area contributed by atoms with Gasteiger partial charge in [-0.05, 0) is 37.3 Å². The van der Waals surface area contributed by atoms with Gasteiger partial charge in [-0.25, -0.2) is 8.42 Å². The predicted octanol–water partition coefficient (Wildman–Crippen LogP) is 2.15. The molecule has 20 heavy (non-hydrogen) atoms. The summed E-state index contributed by atoms with van der Waals surface area (Å²) in [5.41, 5.74) is 6.10. The van der Waals surface area contributed by atoms with Gasteiger partial charge in [-0.15, -0.1) is 0 Å². The Morgan fingerprint density at radius 1 is 1.40 bits per heavy atom. The van der Waals surface area contributed by atoms with Crippen LogP contribution in [-0.4, -0.2) is 30.3 Å². The van der Waals surface area contributed by atoms with E-state index in [0.29, 0.717) is 18.0 Å². The molecule has 2 bridgehead atoms. The maximum absolute atomic E-state index is 12.7. The van der Waals surface area contributed by atoms with Crippen LogP contribution in [0.15, 0.2) is 23.1 Å². The Bertz CT molecular complexity index is 675. The van der Waals surface area contributed by atoms with Crippen molar-refractivity contribution in [2.24, 2.45) is 11.7 Å². The molecular weight excluding hydrogens is 316 g/mol. The van der Waals surface area contributed by atoms with Crippen LogP contribution >= 0.6 is 23.8 Å². The minimum absolute atomic E-state index is 0.135. The molecule has 2 fully saturated rings. The first-order valence-corrected chi connectivity index (χ1v) is 8.73. The molecule has 7 heteroatoms. The zero-order chi connectivity index (χ0) is 14.5. The summed E-state index contributed by atoms with van der Waals surface area (Å²) in [5, 5.41) is 0.179. The van der Waals surface area contributed by atoms with Crippen molar-refractivity contribution in [3.63, 3.8) is 0 Å². The fraction of sp³-hybridized carbons (Fsp3) is 0.462. The smallest absolute Gasteiger partial charge is 0.244 e. The first-order chi connectivity index (χ1) is 9.39. The second kappa shape index (κ2) is 4.94. The fourth-order valence-electron chi connectivity index (χ4n) is 3.16. The highest BCUT2D eigenvalue weighted by molar-refractivity contribution is 7.89. The summed E-state index contributed by atoms with van der Waals surface area (Å²) in [6, 6.07) is 4.76. The summed E-state index contributed by atoms with van der Waals surface area (Å²) < 4.78 is 27.0. The summed E-state index contributed by atoms with van der Waals surface area (Å²) in [4.78, 5) is 0.350. The molecule has 0 radical (unpaired) electrons. The second-order valence-corrected chi connectivity index (χ2v) is 8.12. The van der Waals surface area contributed by atoms with Crippen LogP contribution in [0, 0.1) is 5.92 Å². The van der Waals surface area contributed by atoms with Crippen LogP contribution in [0.5, 0.6) is 0 Å². The molecule has 0 spiro atoms. The third kappa shape index (κ3) is 2.24. The fourth-order valence-corrected chi connectivity index (χ4v) is 5.55. The number of hydrogen-bond acceptors (Lipinski definition) is 3. The normalized spacial score (nSPS) is 26.1. The number of sulfonamides is 1. The minimum atomic E-state index is -3.53. The van der Waals surface area contributed by atoms with E-state index in [0.717, 1.165) is 19.3 Å². The predicted molar refractivity (Wildman–Crippen MR) is 82.4 cm³/mol. The lowest BCUT2D eigenvalue weighted by molar-refractivity contribution is 0.333. The summed E-state index contributed by atoms with van der Waals surface area (Å²) in [5.74, 6) is 0.504. The van der Waals surface area contributed by atoms with Gasteiger partial charge in [-0.2, -0.15) is 4.31 Å². The topological polar surface area (TPSA) is 63.4 Å². The Hall–Kier alpha value is -0.690. The molecule has 2 atom stereocenters. The maximum Gasteiger partial charge on any atom is 0.244 e. The molecular formula is C13H15ClN2O2S2. The van der Waals surface area contributed by atoms with E-state index in [1.165, 1.54) is 12.1 Å². The quantitative estimate of drug-likeness (QED) is 0.862. The lowest BCUT2D eigenvalue weighted by Crippen LogP contribution is -2.37. The van der Waals surface area contributed by atoms with Crippen LogP contribution in [0.4, 0.5) is 0 Å². The standard InChI is InChI=1S/C13H15ClN2O2S2/c14-11-6-9(13(15)19)2-4-12(11)20(17,18)16-7-8-1-3-10(16)5-8/h2,4,6,8,10H,1,3,5,7H2,(H2,15,19). The molecule has 1 aromatic carbocycles. The van der Waals surface area contributed by atoms with E-state index in [4.69, 9.17) is 29.6 Å². The van der Waals surface area contributed by atoms with Crippen molar-refractivity contribution in [2.45, 2.75) is 30.2 Å². The molecule has 4 nitrogen and oxygen atoms in total. The maximum atomic E-state index is 12.7. The molecule has 2 unspecified atom stereocenters. The Kier molecular flexibility index (Phi) is 3.52. The molecule has 1 aliphatic heterocycles. The molecule has 1 saturated heterocycles. The molecule has 1 saturated carbocycles. The summed E-state index contributed by atoms with van der Waals surface area (Å²) in [6.45, 7) is 0.611. The van der Waals surface area contributed by atoms with Gasteiger partial charge in [-0.1, -0.05) is 29.9 Å². The molecule has 1 aromatic rings. The number of fused-ring (bicyclic) bond motifs is 2. The van der Waals surface area contributed by atoms with Crippen LogP contribution < -0.4 is 5.73 Å². The van der Waals surface area contributed by atoms with E-state index in [2.05, 4.69) is 0 Å². The van der Waals surface area contributed by atoms with Crippen LogP contribution in [0.1, 0.15) is 24.8 Å². The number of hydrogen-bond donors (Lipinski definition) is 1. The monoisotopic (exact) mass is 330 g/mol. The van der Waals surface area contributed by atoms with Gasteiger partial charge in [0.05, 0.1) is 5.02 Å². The third-order valence-corrected chi connectivity index (χ3v) is 6.80. The lowest BCUT2D eigenvalue weighted by atomic mass is 10.1. The van der Waals surface area contributed by atoms with Crippen molar-refractivity contribution >= 4 is 38.8 Å². The Morgan fingerprint density at radius 2 is 2.15 bits per heavy atom. The summed E-state index contributed by atoms with van der Waals surface area (Å²) in [7, 11) is -3.53. The number of halogens is 1. The number of rotatable bonds is 3. The van der Waals surface area contributed by atoms with Gasteiger partial charge in [0.25, 0.3) is 0 Å². The summed E-state index contributed by atoms with van der Waals surface area (Å²) >= 11 is 11.0. The molecule has 2 aliphatic rings. The van der Waals surface area contributed by atoms with E-state index in [1.807, 2.05) is 0 Å². The molecule has 0 aromatic heterocycles. The van der Waals surface area contributed by atoms with E-state index in [1.54, 1.807) is 10.4 Å². The largest absolute Gasteiger partial charge is 0.389 e. The molecule has 2 N–H and O–H groups in total. The van der Waals surface area contributed by atoms with Crippen molar-refractivity contribution in [2.75, 3.05) is 6.54 Å². The molecule has 1 aliphatic carbocycles. The van der Waals surface area contributed by atoms with Gasteiger partial charge in [0, 0.05) is 18.2 Å². The molecule has 3 rings (SSSR count). The van der Waals surface area contributed by atoms with Crippen molar-refractivity contribution in [1.29, 1.82) is 0 Å². The first-order valence-electron chi connectivity index (χ1n) is 6.51. The third-order valence-electron chi connectivity index (χ3n) is 4.16. The van der Waals surface area contributed by atoms with E-state index < -0.39 is 10.0 Å². The Labute approximate surface area is 128 Å². The number of piperidine rings is 1. The van der Waals surface area contributed by atoms with Gasteiger partial charge in [0.15, 0.2) is 0 Å². The number of benzene rings is 1. The van der Waals surface area contributed by atoms with Crippen LogP contribution in [0.3, 0.4) is 0 Å². The van der Waals surface area contributed by atoms with E-state index in [9.17, 15) is 8.42 Å². The van der Waals surface area contributed by atoms with Crippen molar-refractivity contribution in [1.82, 2.24) is 4.31 Å². The first kappa shape index (κ1) is 14.3. The number of nitrogens with two attached hydrogens (primary N) is 1. The van der Waals surface area contributed by atoms with Gasteiger partial charge >= 0.3 is 0 Å². The second-order valence-electron chi connectivity index (χ2n) is 5.42. The van der Waals surface area contributed by atoms with Crippen LogP contribution in [0.25, 0.3) is 0 Å². The highest BCUT2D eigenvalue weighted by Gasteiger charge is 2.44. The molecule has 0 amide bonds. The van der Waals surface area contributed by atoms with Crippen LogP contribution in [-0.2, 0) is 10.0 Å². The zero-order valence-corrected chi connectivity index (χ0v) is 13.1. The number of nitrogens with zero attached hydrogens (tertiary/aromatic N) is 1. The molecule has 1 heterocycles. The van der Waals surface area contributed by atoms with Crippen molar-refractivity contribution < 1.29 is 8.42 Å². The Morgan fingerprint density at radius 3 is 2.65 bits per heavy atom. The number of thiocarbonyl (C=S) groups is 1. The van der Waals surface area contributed by atoms with E-state index in [-0.39, 0.29) is 20.9 Å². The van der Waals surface area contributed by atoms with Gasteiger partial charge in [0.2, 0.25) is 10.0 Å².